The normalized spacial score (nSPS) is 15.9. The largest absolute Gasteiger partial charge is 0.457 e. The van der Waals surface area contributed by atoms with Crippen LogP contribution in [0.15, 0.2) is 67.4 Å². The number of carbonyl (C=O) groups is 2. The van der Waals surface area contributed by atoms with Gasteiger partial charge in [-0.1, -0.05) is 24.2 Å². The molecule has 0 saturated carbocycles. The first-order valence-electron chi connectivity index (χ1n) is 10.3. The highest BCUT2D eigenvalue weighted by Gasteiger charge is 2.26. The zero-order valence-corrected chi connectivity index (χ0v) is 18.2. The summed E-state index contributed by atoms with van der Waals surface area (Å²) >= 11 is 6.00. The molecule has 0 aliphatic carbocycles. The Bertz CT molecular complexity index is 1160. The fourth-order valence-electron chi connectivity index (χ4n) is 3.82. The molecule has 8 heteroatoms. The van der Waals surface area contributed by atoms with E-state index in [2.05, 4.69) is 11.7 Å². The lowest BCUT2D eigenvalue weighted by Gasteiger charge is -2.32. The van der Waals surface area contributed by atoms with Gasteiger partial charge in [-0.15, -0.1) is 0 Å². The first-order valence-corrected chi connectivity index (χ1v) is 10.7. The number of halogens is 1. The van der Waals surface area contributed by atoms with Crippen molar-refractivity contribution in [3.05, 3.63) is 78.0 Å². The van der Waals surface area contributed by atoms with Crippen molar-refractivity contribution < 1.29 is 14.3 Å². The van der Waals surface area contributed by atoms with Crippen molar-refractivity contribution in [2.24, 2.45) is 5.73 Å². The summed E-state index contributed by atoms with van der Waals surface area (Å²) in [5.74, 6) is 0.595. The zero-order valence-electron chi connectivity index (χ0n) is 17.4. The molecule has 7 nitrogen and oxygen atoms in total. The van der Waals surface area contributed by atoms with Gasteiger partial charge in [0.25, 0.3) is 5.91 Å². The number of hydrogen-bond donors (Lipinski definition) is 1. The van der Waals surface area contributed by atoms with E-state index in [0.717, 1.165) is 18.4 Å². The van der Waals surface area contributed by atoms with Gasteiger partial charge in [0.2, 0.25) is 5.91 Å². The molecule has 1 saturated heterocycles. The number of ether oxygens (including phenoxy) is 1. The molecule has 2 aromatic carbocycles. The van der Waals surface area contributed by atoms with E-state index in [1.807, 2.05) is 24.3 Å². The third kappa shape index (κ3) is 4.68. The Morgan fingerprint density at radius 2 is 1.97 bits per heavy atom. The maximum absolute atomic E-state index is 12.1. The van der Waals surface area contributed by atoms with E-state index in [4.69, 9.17) is 22.1 Å². The molecule has 1 aliphatic heterocycles. The Hall–Kier alpha value is -3.58. The van der Waals surface area contributed by atoms with Gasteiger partial charge in [-0.2, -0.15) is 5.10 Å². The lowest BCUT2D eigenvalue weighted by molar-refractivity contribution is -0.127. The minimum atomic E-state index is -0.555. The zero-order chi connectivity index (χ0) is 22.7. The van der Waals surface area contributed by atoms with Gasteiger partial charge in [-0.3, -0.25) is 14.3 Å². The minimum absolute atomic E-state index is 0.0371. The summed E-state index contributed by atoms with van der Waals surface area (Å²) in [7, 11) is 0. The molecule has 1 fully saturated rings. The first kappa shape index (κ1) is 21.6. The number of benzene rings is 2. The Balaban J connectivity index is 1.58. The van der Waals surface area contributed by atoms with Gasteiger partial charge in [0, 0.05) is 29.9 Å². The van der Waals surface area contributed by atoms with E-state index < -0.39 is 5.91 Å². The average Bonchev–Trinajstić information content (AvgIpc) is 3.25. The summed E-state index contributed by atoms with van der Waals surface area (Å²) in [6, 6.07) is 14.3. The number of primary amides is 1. The molecule has 4 rings (SSSR count). The number of piperidine rings is 1. The van der Waals surface area contributed by atoms with Crippen LogP contribution in [0.4, 0.5) is 0 Å². The second kappa shape index (κ2) is 9.28. The van der Waals surface area contributed by atoms with Gasteiger partial charge in [0.1, 0.15) is 17.2 Å². The summed E-state index contributed by atoms with van der Waals surface area (Å²) in [6.45, 7) is 4.76. The topological polar surface area (TPSA) is 90.5 Å². The first-order chi connectivity index (χ1) is 15.4. The number of rotatable bonds is 6. The lowest BCUT2D eigenvalue weighted by atomic mass is 10.1. The number of hydrogen-bond acceptors (Lipinski definition) is 4. The molecular weight excluding hydrogens is 428 g/mol. The van der Waals surface area contributed by atoms with Crippen LogP contribution >= 0.6 is 11.6 Å². The molecule has 0 bridgehead atoms. The van der Waals surface area contributed by atoms with Crippen molar-refractivity contribution in [3.8, 4) is 22.8 Å². The summed E-state index contributed by atoms with van der Waals surface area (Å²) in [6.07, 6.45) is 4.69. The van der Waals surface area contributed by atoms with Crippen LogP contribution in [0.2, 0.25) is 5.02 Å². The van der Waals surface area contributed by atoms with Crippen molar-refractivity contribution in [1.82, 2.24) is 14.7 Å². The quantitative estimate of drug-likeness (QED) is 0.562. The van der Waals surface area contributed by atoms with Crippen LogP contribution in [0.25, 0.3) is 11.3 Å². The number of aromatic nitrogens is 2. The Morgan fingerprint density at radius 3 is 2.66 bits per heavy atom. The van der Waals surface area contributed by atoms with Crippen LogP contribution < -0.4 is 10.5 Å². The Kier molecular flexibility index (Phi) is 6.28. The van der Waals surface area contributed by atoms with Crippen molar-refractivity contribution in [1.29, 1.82) is 0 Å². The molecule has 32 heavy (non-hydrogen) atoms. The number of likely N-dealkylation sites (tertiary alicyclic amines) is 1. The van der Waals surface area contributed by atoms with Crippen molar-refractivity contribution in [2.75, 3.05) is 13.1 Å². The lowest BCUT2D eigenvalue weighted by Crippen LogP contribution is -2.40. The fourth-order valence-corrected chi connectivity index (χ4v) is 4.00. The smallest absolute Gasteiger partial charge is 0.252 e. The molecule has 0 unspecified atom stereocenters. The molecule has 0 spiro atoms. The molecule has 1 atom stereocenters. The van der Waals surface area contributed by atoms with Crippen molar-refractivity contribution >= 4 is 23.4 Å². The molecule has 3 aromatic rings. The maximum Gasteiger partial charge on any atom is 0.252 e. The van der Waals surface area contributed by atoms with Gasteiger partial charge in [0.05, 0.1) is 11.6 Å². The highest BCUT2D eigenvalue weighted by Crippen LogP contribution is 2.30. The third-order valence-corrected chi connectivity index (χ3v) is 5.65. The van der Waals surface area contributed by atoms with E-state index in [1.54, 1.807) is 40.0 Å². The van der Waals surface area contributed by atoms with Crippen LogP contribution in [0, 0.1) is 0 Å². The molecule has 2 heterocycles. The van der Waals surface area contributed by atoms with Crippen molar-refractivity contribution in [3.63, 3.8) is 0 Å². The predicted octanol–water partition coefficient (Wildman–Crippen LogP) is 4.44. The van der Waals surface area contributed by atoms with Crippen LogP contribution in [-0.4, -0.2) is 39.6 Å². The van der Waals surface area contributed by atoms with Gasteiger partial charge >= 0.3 is 0 Å². The van der Waals surface area contributed by atoms with E-state index in [-0.39, 0.29) is 11.9 Å². The maximum atomic E-state index is 12.1. The van der Waals surface area contributed by atoms with Gasteiger partial charge in [0.15, 0.2) is 0 Å². The molecule has 0 radical (unpaired) electrons. The van der Waals surface area contributed by atoms with Gasteiger partial charge < -0.3 is 15.4 Å². The third-order valence-electron chi connectivity index (χ3n) is 5.41. The molecule has 2 amide bonds. The summed E-state index contributed by atoms with van der Waals surface area (Å²) in [5.41, 5.74) is 7.21. The average molecular weight is 451 g/mol. The fraction of sp³-hybridized carbons (Fsp3) is 0.208. The number of carbonyl (C=O) groups excluding carboxylic acids is 2. The van der Waals surface area contributed by atoms with Crippen molar-refractivity contribution in [2.45, 2.75) is 18.9 Å². The summed E-state index contributed by atoms with van der Waals surface area (Å²) in [5, 5.41) is 5.25. The minimum Gasteiger partial charge on any atom is -0.457 e. The summed E-state index contributed by atoms with van der Waals surface area (Å²) < 4.78 is 7.57. The van der Waals surface area contributed by atoms with E-state index >= 15 is 0 Å². The van der Waals surface area contributed by atoms with Crippen LogP contribution in [0.5, 0.6) is 11.5 Å². The molecule has 1 aliphatic rings. The van der Waals surface area contributed by atoms with Crippen LogP contribution in [0.1, 0.15) is 29.2 Å². The van der Waals surface area contributed by atoms with Gasteiger partial charge in [-0.25, -0.2) is 0 Å². The predicted molar refractivity (Wildman–Crippen MR) is 123 cm³/mol. The number of nitrogens with zero attached hydrogens (tertiary/aromatic N) is 3. The van der Waals surface area contributed by atoms with Gasteiger partial charge in [-0.05, 0) is 61.4 Å². The number of amides is 2. The van der Waals surface area contributed by atoms with Crippen LogP contribution in [-0.2, 0) is 4.79 Å². The molecular formula is C24H23ClN4O3. The van der Waals surface area contributed by atoms with E-state index in [1.165, 1.54) is 6.08 Å². The van der Waals surface area contributed by atoms with E-state index in [9.17, 15) is 9.59 Å². The highest BCUT2D eigenvalue weighted by atomic mass is 35.5. The monoisotopic (exact) mass is 450 g/mol. The molecule has 2 N–H and O–H groups in total. The number of nitrogens with two attached hydrogens (primary N) is 1. The highest BCUT2D eigenvalue weighted by molar-refractivity contribution is 6.30. The SMILES string of the molecule is C=CC(=O)N1CCC[C@@H](n2cc(C(N)=O)c(-c3ccc(Oc4cccc(Cl)c4)cc3)n2)C1. The van der Waals surface area contributed by atoms with Crippen LogP contribution in [0.3, 0.4) is 0 Å². The second-order valence-corrected chi connectivity index (χ2v) is 8.04. The standard InChI is InChI=1S/C24H23ClN4O3/c1-2-22(30)28-12-4-6-18(14-28)29-15-21(24(26)31)23(27-29)16-8-10-19(11-9-16)32-20-7-3-5-17(25)13-20/h2-3,5,7-11,13,15,18H,1,4,6,12,14H2,(H2,26,31)/t18-/m1/s1. The Labute approximate surface area is 191 Å². The molecule has 164 valence electrons. The molecule has 1 aromatic heterocycles. The second-order valence-electron chi connectivity index (χ2n) is 7.60. The summed E-state index contributed by atoms with van der Waals surface area (Å²) in [4.78, 5) is 25.9. The Morgan fingerprint density at radius 1 is 1.19 bits per heavy atom. The van der Waals surface area contributed by atoms with E-state index in [0.29, 0.717) is 40.9 Å².